The van der Waals surface area contributed by atoms with Crippen molar-refractivity contribution in [3.05, 3.63) is 70.6 Å². The first-order valence-electron chi connectivity index (χ1n) is 10.9. The molecule has 1 aliphatic rings. The zero-order valence-corrected chi connectivity index (χ0v) is 20.0. The monoisotopic (exact) mass is 457 g/mol. The Morgan fingerprint density at radius 2 is 1.88 bits per heavy atom. The third-order valence-electron chi connectivity index (χ3n) is 5.96. The summed E-state index contributed by atoms with van der Waals surface area (Å²) in [6, 6.07) is 8.68. The van der Waals surface area contributed by atoms with Gasteiger partial charge in [0.2, 0.25) is 0 Å². The Bertz CT molecular complexity index is 987. The van der Waals surface area contributed by atoms with Crippen LogP contribution in [0.1, 0.15) is 48.6 Å². The van der Waals surface area contributed by atoms with Gasteiger partial charge in [0.05, 0.1) is 11.6 Å². The number of halogens is 1. The van der Waals surface area contributed by atoms with E-state index in [0.717, 1.165) is 42.7 Å². The molecule has 0 bridgehead atoms. The molecule has 2 aromatic rings. The SMILES string of the molecule is CCN(CC)CCCN1C(=O)C(=O)/C(=C(/O)c2cc(C)ccc2C)C1c1cccnc1.Cl. The van der Waals surface area contributed by atoms with Crippen LogP contribution in [-0.4, -0.2) is 57.8 Å². The summed E-state index contributed by atoms with van der Waals surface area (Å²) in [5.41, 5.74) is 3.25. The fourth-order valence-corrected chi connectivity index (χ4v) is 4.14. The summed E-state index contributed by atoms with van der Waals surface area (Å²) in [6.45, 7) is 11.2. The van der Waals surface area contributed by atoms with Crippen molar-refractivity contribution in [2.24, 2.45) is 0 Å². The number of aryl methyl sites for hydroxylation is 2. The quantitative estimate of drug-likeness (QED) is 0.364. The third-order valence-corrected chi connectivity index (χ3v) is 5.96. The van der Waals surface area contributed by atoms with E-state index in [2.05, 4.69) is 23.7 Å². The predicted molar refractivity (Wildman–Crippen MR) is 129 cm³/mol. The highest BCUT2D eigenvalue weighted by Gasteiger charge is 2.46. The molecule has 0 spiro atoms. The molecule has 1 aromatic heterocycles. The zero-order chi connectivity index (χ0) is 22.5. The molecule has 1 N–H and O–H groups in total. The van der Waals surface area contributed by atoms with Gasteiger partial charge < -0.3 is 14.9 Å². The number of hydrogen-bond donors (Lipinski definition) is 1. The lowest BCUT2D eigenvalue weighted by Gasteiger charge is -2.26. The fraction of sp³-hybridized carbons (Fsp3) is 0.400. The first-order chi connectivity index (χ1) is 14.9. The summed E-state index contributed by atoms with van der Waals surface area (Å²) in [4.78, 5) is 34.1. The number of Topliss-reactive ketones (excluding diaryl/α,β-unsaturated/α-hetero) is 1. The maximum Gasteiger partial charge on any atom is 0.295 e. The molecule has 1 saturated heterocycles. The van der Waals surface area contributed by atoms with E-state index in [1.54, 1.807) is 23.4 Å². The lowest BCUT2D eigenvalue weighted by Crippen LogP contribution is -2.33. The molecule has 6 nitrogen and oxygen atoms in total. The van der Waals surface area contributed by atoms with Crippen LogP contribution in [0.25, 0.3) is 5.76 Å². The number of carbonyl (C=O) groups is 2. The summed E-state index contributed by atoms with van der Waals surface area (Å²) in [7, 11) is 0. The molecule has 0 radical (unpaired) electrons. The van der Waals surface area contributed by atoms with Crippen LogP contribution in [0.5, 0.6) is 0 Å². The number of aromatic nitrogens is 1. The third kappa shape index (κ3) is 5.19. The molecular formula is C25H32ClN3O3. The minimum Gasteiger partial charge on any atom is -0.507 e. The van der Waals surface area contributed by atoms with Crippen molar-refractivity contribution in [3.8, 4) is 0 Å². The number of amides is 1. The molecule has 1 amide bonds. The molecule has 32 heavy (non-hydrogen) atoms. The van der Waals surface area contributed by atoms with Crippen LogP contribution in [0, 0.1) is 13.8 Å². The standard InChI is InChI=1S/C25H31N3O3.ClH/c1-5-27(6-2)13-8-14-28-22(19-9-7-12-26-16-19)21(24(30)25(28)31)23(29)20-15-17(3)10-11-18(20)4;/h7,9-12,15-16,22,29H,5-6,8,13-14H2,1-4H3;1H/b23-21+;. The number of pyridine rings is 1. The molecule has 7 heteroatoms. The van der Waals surface area contributed by atoms with E-state index in [1.807, 2.05) is 38.1 Å². The van der Waals surface area contributed by atoms with Crippen molar-refractivity contribution in [2.75, 3.05) is 26.2 Å². The highest BCUT2D eigenvalue weighted by molar-refractivity contribution is 6.46. The van der Waals surface area contributed by atoms with Crippen molar-refractivity contribution in [3.63, 3.8) is 0 Å². The summed E-state index contributed by atoms with van der Waals surface area (Å²) in [6.07, 6.45) is 4.06. The largest absolute Gasteiger partial charge is 0.507 e. The van der Waals surface area contributed by atoms with E-state index in [-0.39, 0.29) is 23.7 Å². The van der Waals surface area contributed by atoms with E-state index in [9.17, 15) is 14.7 Å². The number of carbonyl (C=O) groups excluding carboxylic acids is 2. The Kier molecular flexibility index (Phi) is 8.99. The van der Waals surface area contributed by atoms with Gasteiger partial charge >= 0.3 is 0 Å². The van der Waals surface area contributed by atoms with Gasteiger partial charge in [-0.25, -0.2) is 0 Å². The van der Waals surface area contributed by atoms with Crippen molar-refractivity contribution in [2.45, 2.75) is 40.2 Å². The second-order valence-electron chi connectivity index (χ2n) is 7.98. The van der Waals surface area contributed by atoms with Crippen LogP contribution in [0.15, 0.2) is 48.3 Å². The second kappa shape index (κ2) is 11.2. The van der Waals surface area contributed by atoms with Gasteiger partial charge in [-0.3, -0.25) is 14.6 Å². The van der Waals surface area contributed by atoms with Gasteiger partial charge in [-0.1, -0.05) is 37.6 Å². The molecule has 1 atom stereocenters. The van der Waals surface area contributed by atoms with E-state index >= 15 is 0 Å². The summed E-state index contributed by atoms with van der Waals surface area (Å²) < 4.78 is 0. The first kappa shape index (κ1) is 25.6. The molecule has 0 aliphatic carbocycles. The smallest absolute Gasteiger partial charge is 0.295 e. The van der Waals surface area contributed by atoms with Crippen molar-refractivity contribution >= 4 is 29.9 Å². The lowest BCUT2D eigenvalue weighted by atomic mass is 9.94. The molecule has 2 heterocycles. The summed E-state index contributed by atoms with van der Waals surface area (Å²) >= 11 is 0. The molecular weight excluding hydrogens is 426 g/mol. The van der Waals surface area contributed by atoms with Crippen LogP contribution in [-0.2, 0) is 9.59 Å². The van der Waals surface area contributed by atoms with Gasteiger partial charge in [0.1, 0.15) is 5.76 Å². The topological polar surface area (TPSA) is 73.7 Å². The van der Waals surface area contributed by atoms with Gasteiger partial charge in [0.15, 0.2) is 0 Å². The highest BCUT2D eigenvalue weighted by Crippen LogP contribution is 2.39. The highest BCUT2D eigenvalue weighted by atomic mass is 35.5. The van der Waals surface area contributed by atoms with Crippen LogP contribution < -0.4 is 0 Å². The Balaban J connectivity index is 0.00000363. The number of rotatable bonds is 8. The maximum atomic E-state index is 13.1. The lowest BCUT2D eigenvalue weighted by molar-refractivity contribution is -0.140. The van der Waals surface area contributed by atoms with Crippen molar-refractivity contribution in [1.82, 2.24) is 14.8 Å². The minimum atomic E-state index is -0.648. The average Bonchev–Trinajstić information content (AvgIpc) is 3.03. The number of aliphatic hydroxyl groups is 1. The van der Waals surface area contributed by atoms with E-state index in [1.165, 1.54) is 0 Å². The second-order valence-corrected chi connectivity index (χ2v) is 7.98. The van der Waals surface area contributed by atoms with Crippen molar-refractivity contribution in [1.29, 1.82) is 0 Å². The van der Waals surface area contributed by atoms with E-state index in [4.69, 9.17) is 0 Å². The number of hydrogen-bond acceptors (Lipinski definition) is 5. The molecule has 172 valence electrons. The van der Waals surface area contributed by atoms with E-state index < -0.39 is 17.7 Å². The molecule has 1 aliphatic heterocycles. The Morgan fingerprint density at radius 3 is 2.50 bits per heavy atom. The van der Waals surface area contributed by atoms with Crippen molar-refractivity contribution < 1.29 is 14.7 Å². The first-order valence-corrected chi connectivity index (χ1v) is 10.9. The number of ketones is 1. The van der Waals surface area contributed by atoms with E-state index in [0.29, 0.717) is 12.1 Å². The number of nitrogens with zero attached hydrogens (tertiary/aromatic N) is 3. The Hall–Kier alpha value is -2.70. The van der Waals surface area contributed by atoms with Gasteiger partial charge in [0, 0.05) is 24.5 Å². The van der Waals surface area contributed by atoms with Crippen LogP contribution in [0.4, 0.5) is 0 Å². The summed E-state index contributed by atoms with van der Waals surface area (Å²) in [5.74, 6) is -1.34. The molecule has 3 rings (SSSR count). The number of benzene rings is 1. The molecule has 1 aromatic carbocycles. The number of likely N-dealkylation sites (tertiary alicyclic amines) is 1. The van der Waals surface area contributed by atoms with Crippen LogP contribution >= 0.6 is 12.4 Å². The van der Waals surface area contributed by atoms with Gasteiger partial charge in [-0.2, -0.15) is 0 Å². The average molecular weight is 458 g/mol. The van der Waals surface area contributed by atoms with Gasteiger partial charge in [-0.15, -0.1) is 12.4 Å². The zero-order valence-electron chi connectivity index (χ0n) is 19.2. The van der Waals surface area contributed by atoms with Crippen LogP contribution in [0.3, 0.4) is 0 Å². The summed E-state index contributed by atoms with van der Waals surface area (Å²) in [5, 5.41) is 11.2. The molecule has 1 unspecified atom stereocenters. The Labute approximate surface area is 196 Å². The molecule has 0 saturated carbocycles. The van der Waals surface area contributed by atoms with Gasteiger partial charge in [-0.05, 0) is 63.2 Å². The van der Waals surface area contributed by atoms with Crippen LogP contribution in [0.2, 0.25) is 0 Å². The maximum absolute atomic E-state index is 13.1. The van der Waals surface area contributed by atoms with Gasteiger partial charge in [0.25, 0.3) is 11.7 Å². The fourth-order valence-electron chi connectivity index (χ4n) is 4.14. The minimum absolute atomic E-state index is 0. The molecule has 1 fully saturated rings. The number of aliphatic hydroxyl groups excluding tert-OH is 1. The Morgan fingerprint density at radius 1 is 1.16 bits per heavy atom. The predicted octanol–water partition coefficient (Wildman–Crippen LogP) is 4.27. The normalized spacial score (nSPS) is 17.7.